The topological polar surface area (TPSA) is 66.9 Å². The van der Waals surface area contributed by atoms with Crippen LogP contribution in [-0.2, 0) is 0 Å². The number of aromatic amines is 1. The molecule has 1 heterocycles. The first-order chi connectivity index (χ1) is 10.5. The van der Waals surface area contributed by atoms with E-state index in [2.05, 4.69) is 9.82 Å². The lowest BCUT2D eigenvalue weighted by atomic mass is 10.2. The van der Waals surface area contributed by atoms with Crippen LogP contribution in [0.2, 0.25) is 0 Å². The second-order valence-electron chi connectivity index (χ2n) is 4.52. The molecule has 22 heavy (non-hydrogen) atoms. The molecule has 2 aromatic carbocycles. The van der Waals surface area contributed by atoms with Gasteiger partial charge in [-0.2, -0.15) is 0 Å². The minimum atomic E-state index is -1.16. The van der Waals surface area contributed by atoms with Gasteiger partial charge in [-0.15, -0.1) is 0 Å². The largest absolute Gasteiger partial charge is 0.333 e. The predicted molar refractivity (Wildman–Crippen MR) is 79.6 cm³/mol. The Labute approximate surface area is 126 Å². The average Bonchev–Trinajstić information content (AvgIpc) is 2.50. The minimum Gasteiger partial charge on any atom is -0.306 e. The Kier molecular flexibility index (Phi) is 3.42. The van der Waals surface area contributed by atoms with Gasteiger partial charge in [0.2, 0.25) is 0 Å². The van der Waals surface area contributed by atoms with Crippen molar-refractivity contribution in [3.05, 3.63) is 68.9 Å². The zero-order valence-electron chi connectivity index (χ0n) is 10.9. The molecule has 0 aliphatic heterocycles. The fraction of sp³-hybridized carbons (Fsp3) is 0. The molecule has 0 amide bonds. The summed E-state index contributed by atoms with van der Waals surface area (Å²) in [6, 6.07) is 7.64. The fourth-order valence-electron chi connectivity index (χ4n) is 2.12. The molecule has 1 aromatic heterocycles. The number of hydrogen-bond acceptors (Lipinski definition) is 3. The van der Waals surface area contributed by atoms with Crippen molar-refractivity contribution in [1.82, 2.24) is 9.55 Å². The predicted octanol–water partition coefficient (Wildman–Crippen LogP) is 2.52. The minimum absolute atomic E-state index is 0.0656. The van der Waals surface area contributed by atoms with Crippen molar-refractivity contribution in [1.29, 1.82) is 0 Å². The highest BCUT2D eigenvalue weighted by Gasteiger charge is 2.13. The lowest BCUT2D eigenvalue weighted by Gasteiger charge is -2.07. The molecule has 0 spiro atoms. The van der Waals surface area contributed by atoms with Gasteiger partial charge in [0.05, 0.1) is 16.6 Å². The number of hydrogen-bond donors (Lipinski definition) is 2. The van der Waals surface area contributed by atoms with E-state index in [1.165, 1.54) is 12.1 Å². The van der Waals surface area contributed by atoms with E-state index in [1.54, 1.807) is 12.1 Å². The molecule has 112 valence electrons. The summed E-state index contributed by atoms with van der Waals surface area (Å²) in [5.74, 6) is -2.30. The molecular formula is C14H8ClF2N3O2. The maximum atomic E-state index is 13.3. The quantitative estimate of drug-likeness (QED) is 0.712. The van der Waals surface area contributed by atoms with Crippen LogP contribution in [0.1, 0.15) is 0 Å². The molecule has 0 saturated carbocycles. The van der Waals surface area contributed by atoms with Crippen LogP contribution in [0.3, 0.4) is 0 Å². The smallest absolute Gasteiger partial charge is 0.306 e. The number of benzene rings is 2. The standard InChI is InChI=1S/C14H8ClF2N3O2/c15-19-7-1-3-8(4-2-7)20-13(21)9-5-10(16)11(17)6-12(9)18-14(20)22/h1-6,19H,(H,18,22). The average molecular weight is 324 g/mol. The molecule has 0 bridgehead atoms. The number of nitrogens with zero attached hydrogens (tertiary/aromatic N) is 1. The van der Waals surface area contributed by atoms with Gasteiger partial charge in [-0.3, -0.25) is 9.63 Å². The molecule has 0 saturated heterocycles. The van der Waals surface area contributed by atoms with Crippen LogP contribution in [0, 0.1) is 11.6 Å². The summed E-state index contributed by atoms with van der Waals surface area (Å²) in [7, 11) is 0. The van der Waals surface area contributed by atoms with Gasteiger partial charge in [0.1, 0.15) is 0 Å². The van der Waals surface area contributed by atoms with Gasteiger partial charge in [0.15, 0.2) is 11.6 Å². The van der Waals surface area contributed by atoms with Crippen LogP contribution in [0.25, 0.3) is 16.6 Å². The molecule has 0 fully saturated rings. The highest BCUT2D eigenvalue weighted by atomic mass is 35.5. The number of H-pyrrole nitrogens is 1. The summed E-state index contributed by atoms with van der Waals surface area (Å²) in [6.45, 7) is 0. The van der Waals surface area contributed by atoms with Gasteiger partial charge < -0.3 is 4.98 Å². The van der Waals surface area contributed by atoms with E-state index in [1.807, 2.05) is 0 Å². The van der Waals surface area contributed by atoms with Crippen LogP contribution in [-0.4, -0.2) is 9.55 Å². The van der Waals surface area contributed by atoms with Crippen molar-refractivity contribution in [3.8, 4) is 5.69 Å². The zero-order valence-corrected chi connectivity index (χ0v) is 11.6. The third-order valence-corrected chi connectivity index (χ3v) is 3.39. The maximum Gasteiger partial charge on any atom is 0.333 e. The zero-order chi connectivity index (χ0) is 15.9. The normalized spacial score (nSPS) is 10.9. The SMILES string of the molecule is O=c1[nH]c2cc(F)c(F)cc2c(=O)n1-c1ccc(NCl)cc1. The van der Waals surface area contributed by atoms with Gasteiger partial charge in [0, 0.05) is 23.5 Å². The Morgan fingerprint density at radius 1 is 1.05 bits per heavy atom. The number of nitrogens with one attached hydrogen (secondary N) is 2. The van der Waals surface area contributed by atoms with Gasteiger partial charge in [-0.1, -0.05) is 0 Å². The lowest BCUT2D eigenvalue weighted by Crippen LogP contribution is -2.33. The summed E-state index contributed by atoms with van der Waals surface area (Å²) in [5, 5.41) is -0.127. The van der Waals surface area contributed by atoms with Gasteiger partial charge in [-0.25, -0.2) is 18.1 Å². The second kappa shape index (κ2) is 5.27. The Bertz CT molecular complexity index is 980. The Morgan fingerprint density at radius 3 is 2.32 bits per heavy atom. The summed E-state index contributed by atoms with van der Waals surface area (Å²) in [5.41, 5.74) is -0.721. The summed E-state index contributed by atoms with van der Waals surface area (Å²) >= 11 is 5.43. The molecule has 5 nitrogen and oxygen atoms in total. The molecule has 0 aliphatic carbocycles. The van der Waals surface area contributed by atoms with Gasteiger partial charge >= 0.3 is 5.69 Å². The molecule has 8 heteroatoms. The van der Waals surface area contributed by atoms with Crippen molar-refractivity contribution in [2.45, 2.75) is 0 Å². The number of anilines is 1. The van der Waals surface area contributed by atoms with E-state index in [-0.39, 0.29) is 16.6 Å². The van der Waals surface area contributed by atoms with Crippen LogP contribution < -0.4 is 16.1 Å². The molecule has 0 atom stereocenters. The highest BCUT2D eigenvalue weighted by molar-refractivity contribution is 6.23. The Morgan fingerprint density at radius 2 is 1.68 bits per heavy atom. The van der Waals surface area contributed by atoms with Crippen molar-refractivity contribution < 1.29 is 8.78 Å². The molecule has 0 unspecified atom stereocenters. The number of fused-ring (bicyclic) bond motifs is 1. The van der Waals surface area contributed by atoms with Crippen LogP contribution >= 0.6 is 11.8 Å². The van der Waals surface area contributed by atoms with E-state index in [9.17, 15) is 18.4 Å². The van der Waals surface area contributed by atoms with Crippen LogP contribution in [0.4, 0.5) is 14.5 Å². The number of rotatable bonds is 2. The highest BCUT2D eigenvalue weighted by Crippen LogP contribution is 2.15. The first-order valence-electron chi connectivity index (χ1n) is 6.12. The van der Waals surface area contributed by atoms with E-state index >= 15 is 0 Å². The molecular weight excluding hydrogens is 316 g/mol. The molecule has 3 aromatic rings. The van der Waals surface area contributed by atoms with Crippen molar-refractivity contribution >= 4 is 28.4 Å². The second-order valence-corrected chi connectivity index (χ2v) is 4.71. The molecule has 3 rings (SSSR count). The van der Waals surface area contributed by atoms with E-state index in [0.29, 0.717) is 5.69 Å². The van der Waals surface area contributed by atoms with Gasteiger partial charge in [-0.05, 0) is 30.3 Å². The molecule has 2 N–H and O–H groups in total. The van der Waals surface area contributed by atoms with Crippen LogP contribution in [0.5, 0.6) is 0 Å². The first kappa shape index (κ1) is 14.3. The maximum absolute atomic E-state index is 13.3. The monoisotopic (exact) mass is 323 g/mol. The summed E-state index contributed by atoms with van der Waals surface area (Å²) in [6.07, 6.45) is 0. The van der Waals surface area contributed by atoms with Crippen molar-refractivity contribution in [2.24, 2.45) is 0 Å². The van der Waals surface area contributed by atoms with Crippen molar-refractivity contribution in [3.63, 3.8) is 0 Å². The summed E-state index contributed by atoms with van der Waals surface area (Å²) in [4.78, 5) is 29.2. The number of aromatic nitrogens is 2. The van der Waals surface area contributed by atoms with Gasteiger partial charge in [0.25, 0.3) is 5.56 Å². The molecule has 0 aliphatic rings. The lowest BCUT2D eigenvalue weighted by molar-refractivity contribution is 0.510. The summed E-state index contributed by atoms with van der Waals surface area (Å²) < 4.78 is 27.3. The number of halogens is 3. The van der Waals surface area contributed by atoms with Crippen molar-refractivity contribution in [2.75, 3.05) is 4.84 Å². The Hall–Kier alpha value is -2.67. The third kappa shape index (κ3) is 2.25. The van der Waals surface area contributed by atoms with E-state index in [4.69, 9.17) is 11.8 Å². The fourth-order valence-corrected chi connectivity index (χ4v) is 2.24. The van der Waals surface area contributed by atoms with Crippen LogP contribution in [0.15, 0.2) is 46.0 Å². The Balaban J connectivity index is 2.32. The first-order valence-corrected chi connectivity index (χ1v) is 6.50. The van der Waals surface area contributed by atoms with E-state index < -0.39 is 22.9 Å². The third-order valence-electron chi connectivity index (χ3n) is 3.17. The van der Waals surface area contributed by atoms with E-state index in [0.717, 1.165) is 16.7 Å². The molecule has 0 radical (unpaired) electrons.